The Morgan fingerprint density at radius 3 is 2.30 bits per heavy atom. The van der Waals surface area contributed by atoms with Gasteiger partial charge in [0.25, 0.3) is 5.91 Å². The lowest BCUT2D eigenvalue weighted by Crippen LogP contribution is -2.30. The Morgan fingerprint density at radius 2 is 1.85 bits per heavy atom. The number of nitrogens with two attached hydrogens (primary N) is 1. The van der Waals surface area contributed by atoms with Crippen LogP contribution in [0.4, 0.5) is 24.5 Å². The lowest BCUT2D eigenvalue weighted by atomic mass is 10.1. The first-order valence-electron chi connectivity index (χ1n) is 6.01. The highest BCUT2D eigenvalue weighted by atomic mass is 19.4. The molecule has 0 saturated heterocycles. The van der Waals surface area contributed by atoms with Crippen LogP contribution in [0.3, 0.4) is 0 Å². The number of hydrogen-bond donors (Lipinski definition) is 1. The molecule has 0 heterocycles. The maximum Gasteiger partial charge on any atom is 0.390 e. The van der Waals surface area contributed by atoms with Crippen LogP contribution >= 0.6 is 0 Å². The van der Waals surface area contributed by atoms with Crippen LogP contribution in [0.15, 0.2) is 18.2 Å². The van der Waals surface area contributed by atoms with Crippen LogP contribution < -0.4 is 10.6 Å². The van der Waals surface area contributed by atoms with Crippen molar-refractivity contribution in [1.82, 2.24) is 4.90 Å². The van der Waals surface area contributed by atoms with Gasteiger partial charge in [0, 0.05) is 33.3 Å². The molecular weight excluding hydrogens is 271 g/mol. The van der Waals surface area contributed by atoms with Crippen molar-refractivity contribution < 1.29 is 18.0 Å². The summed E-state index contributed by atoms with van der Waals surface area (Å²) in [6.45, 7) is -0.377. The minimum atomic E-state index is -4.28. The number of carbonyl (C=O) groups is 1. The highest BCUT2D eigenvalue weighted by Crippen LogP contribution is 2.24. The van der Waals surface area contributed by atoms with E-state index in [9.17, 15) is 18.0 Å². The van der Waals surface area contributed by atoms with Gasteiger partial charge in [-0.1, -0.05) is 0 Å². The number of alkyl halides is 3. The van der Waals surface area contributed by atoms with E-state index >= 15 is 0 Å². The van der Waals surface area contributed by atoms with Gasteiger partial charge < -0.3 is 15.5 Å². The van der Waals surface area contributed by atoms with Gasteiger partial charge in [-0.3, -0.25) is 4.79 Å². The quantitative estimate of drug-likeness (QED) is 0.866. The summed E-state index contributed by atoms with van der Waals surface area (Å²) >= 11 is 0. The van der Waals surface area contributed by atoms with Crippen LogP contribution in [0.25, 0.3) is 0 Å². The average molecular weight is 289 g/mol. The van der Waals surface area contributed by atoms with Gasteiger partial charge in [0.15, 0.2) is 0 Å². The number of amides is 1. The number of benzene rings is 1. The van der Waals surface area contributed by atoms with Gasteiger partial charge in [-0.2, -0.15) is 13.2 Å². The van der Waals surface area contributed by atoms with Gasteiger partial charge in [0.1, 0.15) is 0 Å². The molecule has 112 valence electrons. The molecule has 0 aliphatic carbocycles. The monoisotopic (exact) mass is 289 g/mol. The second kappa shape index (κ2) is 6.02. The number of nitrogens with zero attached hydrogens (tertiary/aromatic N) is 2. The SMILES string of the molecule is CN(CCC(F)(F)F)C(=O)c1ccc(N(C)C)c(N)c1. The van der Waals surface area contributed by atoms with E-state index in [-0.39, 0.29) is 12.1 Å². The van der Waals surface area contributed by atoms with E-state index in [2.05, 4.69) is 0 Å². The Labute approximate surface area is 116 Å². The fraction of sp³-hybridized carbons (Fsp3) is 0.462. The van der Waals surface area contributed by atoms with E-state index in [4.69, 9.17) is 5.73 Å². The lowest BCUT2D eigenvalue weighted by Gasteiger charge is -2.20. The second-order valence-corrected chi connectivity index (χ2v) is 4.76. The van der Waals surface area contributed by atoms with Crippen molar-refractivity contribution in [3.8, 4) is 0 Å². The highest BCUT2D eigenvalue weighted by Gasteiger charge is 2.28. The summed E-state index contributed by atoms with van der Waals surface area (Å²) in [5.74, 6) is -0.480. The van der Waals surface area contributed by atoms with Crippen molar-refractivity contribution >= 4 is 17.3 Å². The Bertz CT molecular complexity index is 486. The van der Waals surface area contributed by atoms with Crippen LogP contribution in [0.1, 0.15) is 16.8 Å². The van der Waals surface area contributed by atoms with E-state index in [1.54, 1.807) is 17.0 Å². The van der Waals surface area contributed by atoms with E-state index in [1.807, 2.05) is 14.1 Å². The van der Waals surface area contributed by atoms with Crippen LogP contribution in [0, 0.1) is 0 Å². The van der Waals surface area contributed by atoms with Crippen molar-refractivity contribution in [2.45, 2.75) is 12.6 Å². The normalized spacial score (nSPS) is 11.3. The van der Waals surface area contributed by atoms with E-state index in [0.29, 0.717) is 5.69 Å². The van der Waals surface area contributed by atoms with Gasteiger partial charge in [0.05, 0.1) is 17.8 Å². The number of carbonyl (C=O) groups excluding carboxylic acids is 1. The number of halogens is 3. The number of nitrogen functional groups attached to an aromatic ring is 1. The Hall–Kier alpha value is -1.92. The van der Waals surface area contributed by atoms with Gasteiger partial charge >= 0.3 is 6.18 Å². The van der Waals surface area contributed by atoms with Crippen LogP contribution in [-0.4, -0.2) is 44.7 Å². The van der Waals surface area contributed by atoms with Crippen molar-refractivity contribution in [3.05, 3.63) is 23.8 Å². The first-order chi connectivity index (χ1) is 9.11. The van der Waals surface area contributed by atoms with Crippen LogP contribution in [0.5, 0.6) is 0 Å². The van der Waals surface area contributed by atoms with E-state index in [1.165, 1.54) is 13.1 Å². The Kier molecular flexibility index (Phi) is 4.86. The van der Waals surface area contributed by atoms with Crippen molar-refractivity contribution in [2.75, 3.05) is 38.3 Å². The van der Waals surface area contributed by atoms with Gasteiger partial charge in [0.2, 0.25) is 0 Å². The molecule has 4 nitrogen and oxygen atoms in total. The zero-order valence-corrected chi connectivity index (χ0v) is 11.7. The third-order valence-electron chi connectivity index (χ3n) is 2.83. The molecule has 1 amide bonds. The first kappa shape index (κ1) is 16.1. The zero-order valence-electron chi connectivity index (χ0n) is 11.7. The number of rotatable bonds is 4. The van der Waals surface area contributed by atoms with Gasteiger partial charge in [-0.25, -0.2) is 0 Å². The van der Waals surface area contributed by atoms with Crippen molar-refractivity contribution in [3.63, 3.8) is 0 Å². The van der Waals surface area contributed by atoms with Gasteiger partial charge in [-0.15, -0.1) is 0 Å². The molecule has 0 spiro atoms. The standard InChI is InChI=1S/C13H18F3N3O/c1-18(2)11-5-4-9(8-10(11)17)12(20)19(3)7-6-13(14,15)16/h4-5,8H,6-7,17H2,1-3H3. The molecule has 0 fully saturated rings. The summed E-state index contributed by atoms with van der Waals surface area (Å²) in [6.07, 6.45) is -5.30. The molecule has 0 unspecified atom stereocenters. The summed E-state index contributed by atoms with van der Waals surface area (Å²) in [7, 11) is 4.95. The van der Waals surface area contributed by atoms with Crippen LogP contribution in [-0.2, 0) is 0 Å². The second-order valence-electron chi connectivity index (χ2n) is 4.76. The average Bonchev–Trinajstić information content (AvgIpc) is 2.33. The molecule has 0 atom stereocenters. The van der Waals surface area contributed by atoms with Crippen molar-refractivity contribution in [1.29, 1.82) is 0 Å². The Balaban J connectivity index is 2.79. The van der Waals surface area contributed by atoms with E-state index < -0.39 is 18.5 Å². The minimum absolute atomic E-state index is 0.276. The predicted octanol–water partition coefficient (Wildman–Crippen LogP) is 2.36. The lowest BCUT2D eigenvalue weighted by molar-refractivity contribution is -0.136. The topological polar surface area (TPSA) is 49.6 Å². The summed E-state index contributed by atoms with van der Waals surface area (Å²) in [5, 5.41) is 0. The molecule has 0 aliphatic rings. The summed E-state index contributed by atoms with van der Waals surface area (Å²) in [6, 6.07) is 4.69. The zero-order chi connectivity index (χ0) is 15.5. The highest BCUT2D eigenvalue weighted by molar-refractivity contribution is 5.96. The maximum atomic E-state index is 12.1. The van der Waals surface area contributed by atoms with Crippen molar-refractivity contribution in [2.24, 2.45) is 0 Å². The molecule has 0 bridgehead atoms. The molecule has 0 radical (unpaired) electrons. The fourth-order valence-electron chi connectivity index (χ4n) is 1.71. The molecule has 1 aromatic carbocycles. The molecule has 20 heavy (non-hydrogen) atoms. The largest absolute Gasteiger partial charge is 0.397 e. The molecule has 1 rings (SSSR count). The molecular formula is C13H18F3N3O. The van der Waals surface area contributed by atoms with E-state index in [0.717, 1.165) is 10.6 Å². The molecule has 0 aliphatic heterocycles. The molecule has 0 aromatic heterocycles. The van der Waals surface area contributed by atoms with Crippen LogP contribution in [0.2, 0.25) is 0 Å². The number of hydrogen-bond acceptors (Lipinski definition) is 3. The predicted molar refractivity (Wildman–Crippen MR) is 72.8 cm³/mol. The molecule has 2 N–H and O–H groups in total. The smallest absolute Gasteiger partial charge is 0.390 e. The molecule has 0 saturated carbocycles. The third-order valence-corrected chi connectivity index (χ3v) is 2.83. The first-order valence-corrected chi connectivity index (χ1v) is 6.01. The molecule has 1 aromatic rings. The summed E-state index contributed by atoms with van der Waals surface area (Å²) in [5.41, 5.74) is 7.24. The summed E-state index contributed by atoms with van der Waals surface area (Å²) < 4.78 is 36.4. The number of anilines is 2. The summed E-state index contributed by atoms with van der Waals surface area (Å²) in [4.78, 5) is 14.8. The third kappa shape index (κ3) is 4.32. The maximum absolute atomic E-state index is 12.1. The fourth-order valence-corrected chi connectivity index (χ4v) is 1.71. The minimum Gasteiger partial charge on any atom is -0.397 e. The van der Waals surface area contributed by atoms with Gasteiger partial charge in [-0.05, 0) is 18.2 Å². The Morgan fingerprint density at radius 1 is 1.25 bits per heavy atom. The molecule has 7 heteroatoms.